The highest BCUT2D eigenvalue weighted by molar-refractivity contribution is 7.03. The van der Waals surface area contributed by atoms with E-state index in [1.54, 1.807) is 3.96 Å². The van der Waals surface area contributed by atoms with Crippen LogP contribution in [0.4, 0.5) is 5.69 Å². The molecule has 0 saturated carbocycles. The van der Waals surface area contributed by atoms with Crippen molar-refractivity contribution in [1.29, 1.82) is 0 Å². The zero-order chi connectivity index (χ0) is 19.3. The summed E-state index contributed by atoms with van der Waals surface area (Å²) in [5.41, 5.74) is 2.01. The van der Waals surface area contributed by atoms with E-state index in [1.807, 2.05) is 36.4 Å². The zero-order valence-electron chi connectivity index (χ0n) is 16.1. The fourth-order valence-electron chi connectivity index (χ4n) is 3.54. The van der Waals surface area contributed by atoms with Crippen LogP contribution in [-0.4, -0.2) is 46.1 Å². The first-order valence-corrected chi connectivity index (χ1v) is 10.4. The van der Waals surface area contributed by atoms with Gasteiger partial charge in [0, 0.05) is 49.9 Å². The van der Waals surface area contributed by atoms with Gasteiger partial charge in [-0.15, -0.1) is 12.4 Å². The number of hydrogen-bond donors (Lipinski definition) is 0. The second-order valence-electron chi connectivity index (χ2n) is 6.98. The Morgan fingerprint density at radius 1 is 0.793 bits per heavy atom. The second kappa shape index (κ2) is 9.91. The summed E-state index contributed by atoms with van der Waals surface area (Å²) in [7, 11) is 0. The number of para-hydroxylation sites is 1. The predicted octanol–water partition coefficient (Wildman–Crippen LogP) is 2.36. The number of rotatable bonds is 6. The highest BCUT2D eigenvalue weighted by atomic mass is 35.5. The van der Waals surface area contributed by atoms with E-state index in [2.05, 4.69) is 34.1 Å². The molecule has 2 heterocycles. The smallest absolute Gasteiger partial charge is 0.341 e. The Morgan fingerprint density at radius 3 is 2.07 bits per heavy atom. The van der Waals surface area contributed by atoms with E-state index >= 15 is 0 Å². The van der Waals surface area contributed by atoms with Gasteiger partial charge in [-0.2, -0.15) is 0 Å². The lowest BCUT2D eigenvalue weighted by molar-refractivity contribution is 0.249. The first-order chi connectivity index (χ1) is 13.7. The monoisotopic (exact) mass is 432 g/mol. The van der Waals surface area contributed by atoms with Gasteiger partial charge in [-0.25, -0.2) is 13.3 Å². The third kappa shape index (κ3) is 5.18. The Labute approximate surface area is 180 Å². The fraction of sp³-hybridized carbons (Fsp3) is 0.333. The number of aromatic nitrogens is 2. The molecular formula is C21H25ClN4O2S. The average molecular weight is 433 g/mol. The van der Waals surface area contributed by atoms with Gasteiger partial charge in [0.15, 0.2) is 0 Å². The highest BCUT2D eigenvalue weighted by Crippen LogP contribution is 2.15. The molecule has 1 aliphatic rings. The van der Waals surface area contributed by atoms with Crippen LogP contribution in [0.5, 0.6) is 0 Å². The van der Waals surface area contributed by atoms with Crippen molar-refractivity contribution in [1.82, 2.24) is 13.4 Å². The van der Waals surface area contributed by atoms with Crippen molar-refractivity contribution in [2.24, 2.45) is 0 Å². The molecule has 1 fully saturated rings. The van der Waals surface area contributed by atoms with Gasteiger partial charge >= 0.3 is 10.6 Å². The Balaban J connectivity index is 0.00000240. The fourth-order valence-corrected chi connectivity index (χ4v) is 4.31. The van der Waals surface area contributed by atoms with Crippen LogP contribution in [0.2, 0.25) is 0 Å². The van der Waals surface area contributed by atoms with Crippen molar-refractivity contribution < 1.29 is 0 Å². The number of benzene rings is 2. The summed E-state index contributed by atoms with van der Waals surface area (Å²) in [6.07, 6.45) is 0. The van der Waals surface area contributed by atoms with Gasteiger partial charge in [-0.3, -0.25) is 9.69 Å². The largest absolute Gasteiger partial charge is 0.369 e. The lowest BCUT2D eigenvalue weighted by Crippen LogP contribution is -2.47. The van der Waals surface area contributed by atoms with Gasteiger partial charge in [-0.1, -0.05) is 48.5 Å². The van der Waals surface area contributed by atoms with Crippen molar-refractivity contribution in [2.45, 2.75) is 13.1 Å². The standard InChI is InChI=1S/C21H24N4O2S.ClH/c26-20-24(17-18-7-3-1-4-8-18)21(27)28-25(20)16-13-22-11-14-23(15-12-22)19-9-5-2-6-10-19;/h1-10H,11-17H2;1H. The minimum atomic E-state index is -0.207. The van der Waals surface area contributed by atoms with Crippen LogP contribution in [0.15, 0.2) is 70.3 Å². The van der Waals surface area contributed by atoms with Crippen LogP contribution >= 0.6 is 23.9 Å². The van der Waals surface area contributed by atoms with Crippen molar-refractivity contribution in [3.05, 3.63) is 86.4 Å². The molecule has 0 atom stereocenters. The summed E-state index contributed by atoms with van der Waals surface area (Å²) >= 11 is 1.02. The molecule has 0 spiro atoms. The van der Waals surface area contributed by atoms with Crippen molar-refractivity contribution in [3.8, 4) is 0 Å². The lowest BCUT2D eigenvalue weighted by atomic mass is 10.2. The molecule has 29 heavy (non-hydrogen) atoms. The van der Waals surface area contributed by atoms with Gasteiger partial charge in [0.05, 0.1) is 13.1 Å². The molecular weight excluding hydrogens is 408 g/mol. The molecule has 0 amide bonds. The van der Waals surface area contributed by atoms with Gasteiger partial charge in [0.1, 0.15) is 0 Å². The minimum Gasteiger partial charge on any atom is -0.369 e. The van der Waals surface area contributed by atoms with Crippen LogP contribution in [0, 0.1) is 0 Å². The third-order valence-electron chi connectivity index (χ3n) is 5.15. The molecule has 0 bridgehead atoms. The molecule has 2 aromatic carbocycles. The lowest BCUT2D eigenvalue weighted by Gasteiger charge is -2.36. The van der Waals surface area contributed by atoms with Crippen LogP contribution < -0.4 is 15.5 Å². The summed E-state index contributed by atoms with van der Waals surface area (Å²) in [6, 6.07) is 20.1. The average Bonchev–Trinajstić information content (AvgIpc) is 3.01. The van der Waals surface area contributed by atoms with Crippen molar-refractivity contribution in [3.63, 3.8) is 0 Å². The first-order valence-electron chi connectivity index (χ1n) is 9.58. The van der Waals surface area contributed by atoms with Crippen molar-refractivity contribution >= 4 is 29.6 Å². The maximum Gasteiger partial charge on any atom is 0.341 e. The molecule has 8 heteroatoms. The van der Waals surface area contributed by atoms with E-state index < -0.39 is 0 Å². The summed E-state index contributed by atoms with van der Waals surface area (Å²) in [6.45, 7) is 5.55. The topological polar surface area (TPSA) is 50.5 Å². The van der Waals surface area contributed by atoms with E-state index in [0.29, 0.717) is 13.1 Å². The summed E-state index contributed by atoms with van der Waals surface area (Å²) in [5, 5.41) is 0. The van der Waals surface area contributed by atoms with E-state index in [9.17, 15) is 9.59 Å². The molecule has 1 saturated heterocycles. The molecule has 4 rings (SSSR count). The Kier molecular flexibility index (Phi) is 7.30. The number of halogens is 1. The predicted molar refractivity (Wildman–Crippen MR) is 121 cm³/mol. The number of hydrogen-bond acceptors (Lipinski definition) is 5. The summed E-state index contributed by atoms with van der Waals surface area (Å²) < 4.78 is 2.92. The van der Waals surface area contributed by atoms with E-state index in [4.69, 9.17) is 0 Å². The molecule has 0 unspecified atom stereocenters. The third-order valence-corrected chi connectivity index (χ3v) is 6.09. The number of piperazine rings is 1. The van der Waals surface area contributed by atoms with Crippen molar-refractivity contribution in [2.75, 3.05) is 37.6 Å². The van der Waals surface area contributed by atoms with Crippen LogP contribution in [0.3, 0.4) is 0 Å². The number of anilines is 1. The van der Waals surface area contributed by atoms with Gasteiger partial charge < -0.3 is 4.90 Å². The normalized spacial score (nSPS) is 14.6. The Hall–Kier alpha value is -2.35. The number of nitrogens with zero attached hydrogens (tertiary/aromatic N) is 4. The van der Waals surface area contributed by atoms with E-state index in [1.165, 1.54) is 10.3 Å². The Morgan fingerprint density at radius 2 is 1.41 bits per heavy atom. The van der Waals surface area contributed by atoms with E-state index in [-0.39, 0.29) is 23.0 Å². The molecule has 154 valence electrons. The van der Waals surface area contributed by atoms with Crippen LogP contribution in [0.1, 0.15) is 5.56 Å². The maximum absolute atomic E-state index is 12.6. The molecule has 0 aliphatic carbocycles. The molecule has 3 aromatic rings. The van der Waals surface area contributed by atoms with E-state index in [0.717, 1.165) is 49.8 Å². The summed E-state index contributed by atoms with van der Waals surface area (Å²) in [4.78, 5) is 29.4. The zero-order valence-corrected chi connectivity index (χ0v) is 17.8. The second-order valence-corrected chi connectivity index (χ2v) is 7.95. The quantitative estimate of drug-likeness (QED) is 0.600. The molecule has 1 aromatic heterocycles. The molecule has 0 radical (unpaired) electrons. The SMILES string of the molecule is Cl.O=c1sn(CCN2CCN(c3ccccc3)CC2)c(=O)n1Cc1ccccc1. The van der Waals surface area contributed by atoms with Gasteiger partial charge in [0.2, 0.25) is 0 Å². The Bertz CT molecular complexity index is 1010. The van der Waals surface area contributed by atoms with Gasteiger partial charge in [-0.05, 0) is 17.7 Å². The highest BCUT2D eigenvalue weighted by Gasteiger charge is 2.18. The minimum absolute atomic E-state index is 0. The maximum atomic E-state index is 12.6. The first kappa shape index (κ1) is 21.4. The summed E-state index contributed by atoms with van der Waals surface area (Å²) in [5.74, 6) is 0. The van der Waals surface area contributed by atoms with Crippen LogP contribution in [-0.2, 0) is 13.1 Å². The van der Waals surface area contributed by atoms with Crippen LogP contribution in [0.25, 0.3) is 0 Å². The molecule has 6 nitrogen and oxygen atoms in total. The molecule has 1 aliphatic heterocycles. The van der Waals surface area contributed by atoms with Gasteiger partial charge in [0.25, 0.3) is 0 Å². The molecule has 0 N–H and O–H groups in total.